The molecule has 2 N–H and O–H groups in total. The lowest BCUT2D eigenvalue weighted by molar-refractivity contribution is -0.107. The fourth-order valence-electron chi connectivity index (χ4n) is 2.12. The van der Waals surface area contributed by atoms with Crippen molar-refractivity contribution in [2.24, 2.45) is 0 Å². The van der Waals surface area contributed by atoms with E-state index in [2.05, 4.69) is 0 Å². The van der Waals surface area contributed by atoms with E-state index in [-0.39, 0.29) is 0 Å². The molecule has 0 aromatic carbocycles. The molecule has 0 heterocycles. The molecular weight excluding hydrogens is 154 g/mol. The maximum absolute atomic E-state index is 9.41. The summed E-state index contributed by atoms with van der Waals surface area (Å²) in [6.07, 6.45) is 3.59. The predicted octanol–water partition coefficient (Wildman–Crippen LogP) is 0.908. The Kier molecular flexibility index (Phi) is 3.50. The summed E-state index contributed by atoms with van der Waals surface area (Å²) < 4.78 is 0. The Balaban J connectivity index is 2.52. The summed E-state index contributed by atoms with van der Waals surface area (Å²) >= 11 is 0. The molecule has 1 saturated carbocycles. The van der Waals surface area contributed by atoms with Gasteiger partial charge in [0.25, 0.3) is 0 Å². The molecule has 12 heavy (non-hydrogen) atoms. The first-order valence-electron chi connectivity index (χ1n) is 4.76. The van der Waals surface area contributed by atoms with Gasteiger partial charge in [0.2, 0.25) is 0 Å². The van der Waals surface area contributed by atoms with Crippen molar-refractivity contribution in [2.75, 3.05) is 0 Å². The minimum Gasteiger partial charge on any atom is -0.379 e. The lowest BCUT2D eigenvalue weighted by Crippen LogP contribution is -2.46. The molecule has 1 rings (SSSR count). The summed E-state index contributed by atoms with van der Waals surface area (Å²) in [5.74, 6) is 0. The van der Waals surface area contributed by atoms with Crippen LogP contribution in [-0.4, -0.2) is 33.6 Å². The normalized spacial score (nSPS) is 24.8. The zero-order valence-electron chi connectivity index (χ0n) is 7.90. The third-order valence-electron chi connectivity index (χ3n) is 2.61. The van der Waals surface area contributed by atoms with Gasteiger partial charge in [-0.2, -0.15) is 0 Å². The van der Waals surface area contributed by atoms with E-state index in [0.717, 1.165) is 12.8 Å². The van der Waals surface area contributed by atoms with Crippen LogP contribution < -0.4 is 0 Å². The van der Waals surface area contributed by atoms with Crippen LogP contribution in [0.2, 0.25) is 0 Å². The largest absolute Gasteiger partial charge is 0.379 e. The van der Waals surface area contributed by atoms with Gasteiger partial charge in [-0.05, 0) is 26.7 Å². The third kappa shape index (κ3) is 2.19. The highest BCUT2D eigenvalue weighted by Crippen LogP contribution is 2.25. The summed E-state index contributed by atoms with van der Waals surface area (Å²) in [4.78, 5) is 1.78. The molecule has 0 amide bonds. The summed E-state index contributed by atoms with van der Waals surface area (Å²) in [5, 5.41) is 18.8. The van der Waals surface area contributed by atoms with Gasteiger partial charge in [0.1, 0.15) is 12.5 Å². The molecule has 3 heteroatoms. The van der Waals surface area contributed by atoms with Crippen LogP contribution in [-0.2, 0) is 0 Å². The van der Waals surface area contributed by atoms with Crippen LogP contribution in [0.1, 0.15) is 39.5 Å². The number of aliphatic hydroxyl groups is 2. The van der Waals surface area contributed by atoms with Crippen molar-refractivity contribution in [3.8, 4) is 0 Å². The molecule has 0 bridgehead atoms. The lowest BCUT2D eigenvalue weighted by Gasteiger charge is -2.33. The smallest absolute Gasteiger partial charge is 0.106 e. The topological polar surface area (TPSA) is 43.7 Å². The van der Waals surface area contributed by atoms with Gasteiger partial charge in [-0.25, -0.2) is 0 Å². The molecule has 0 aromatic heterocycles. The molecule has 0 aliphatic heterocycles. The first-order chi connectivity index (χ1) is 5.63. The van der Waals surface area contributed by atoms with Crippen molar-refractivity contribution in [1.82, 2.24) is 4.90 Å². The van der Waals surface area contributed by atoms with Crippen LogP contribution >= 0.6 is 0 Å². The van der Waals surface area contributed by atoms with Crippen molar-refractivity contribution in [3.05, 3.63) is 0 Å². The molecule has 2 unspecified atom stereocenters. The zero-order valence-corrected chi connectivity index (χ0v) is 7.90. The maximum atomic E-state index is 9.41. The fraction of sp³-hybridized carbons (Fsp3) is 1.00. The molecule has 0 aromatic rings. The Morgan fingerprint density at radius 3 is 1.83 bits per heavy atom. The van der Waals surface area contributed by atoms with Crippen molar-refractivity contribution in [2.45, 2.75) is 58.0 Å². The highest BCUT2D eigenvalue weighted by atomic mass is 16.3. The van der Waals surface area contributed by atoms with Gasteiger partial charge < -0.3 is 10.2 Å². The molecular formula is C9H19NO2. The number of nitrogens with zero attached hydrogens (tertiary/aromatic N) is 1. The van der Waals surface area contributed by atoms with E-state index in [1.165, 1.54) is 12.8 Å². The van der Waals surface area contributed by atoms with E-state index in [9.17, 15) is 10.2 Å². The molecule has 3 nitrogen and oxygen atoms in total. The van der Waals surface area contributed by atoms with Crippen LogP contribution in [0.5, 0.6) is 0 Å². The van der Waals surface area contributed by atoms with E-state index >= 15 is 0 Å². The van der Waals surface area contributed by atoms with E-state index in [1.54, 1.807) is 18.7 Å². The average Bonchev–Trinajstić information content (AvgIpc) is 2.37. The minimum absolute atomic E-state index is 0.380. The third-order valence-corrected chi connectivity index (χ3v) is 2.61. The van der Waals surface area contributed by atoms with Crippen molar-refractivity contribution < 1.29 is 10.2 Å². The fourth-order valence-corrected chi connectivity index (χ4v) is 2.12. The first kappa shape index (κ1) is 9.96. The Morgan fingerprint density at radius 2 is 1.50 bits per heavy atom. The minimum atomic E-state index is -0.534. The summed E-state index contributed by atoms with van der Waals surface area (Å²) in [6.45, 7) is 3.43. The van der Waals surface area contributed by atoms with Crippen LogP contribution in [0, 0.1) is 0 Å². The van der Waals surface area contributed by atoms with Crippen molar-refractivity contribution in [1.29, 1.82) is 0 Å². The molecule has 0 radical (unpaired) electrons. The Labute approximate surface area is 74.0 Å². The molecule has 2 atom stereocenters. The van der Waals surface area contributed by atoms with Crippen LogP contribution in [0.25, 0.3) is 0 Å². The predicted molar refractivity (Wildman–Crippen MR) is 47.5 cm³/mol. The van der Waals surface area contributed by atoms with E-state index in [0.29, 0.717) is 6.04 Å². The van der Waals surface area contributed by atoms with Gasteiger partial charge in [0.15, 0.2) is 0 Å². The molecule has 1 fully saturated rings. The molecule has 72 valence electrons. The van der Waals surface area contributed by atoms with E-state index in [1.807, 2.05) is 0 Å². The molecule has 1 aliphatic carbocycles. The average molecular weight is 173 g/mol. The lowest BCUT2D eigenvalue weighted by atomic mass is 10.2. The van der Waals surface area contributed by atoms with E-state index < -0.39 is 12.5 Å². The van der Waals surface area contributed by atoms with Gasteiger partial charge in [0, 0.05) is 6.04 Å². The molecule has 0 spiro atoms. The highest BCUT2D eigenvalue weighted by molar-refractivity contribution is 4.78. The SMILES string of the molecule is CC(O)N(C(C)O)C1CCCC1. The second-order valence-corrected chi connectivity index (χ2v) is 3.65. The maximum Gasteiger partial charge on any atom is 0.106 e. The van der Waals surface area contributed by atoms with Crippen LogP contribution in [0.15, 0.2) is 0 Å². The Morgan fingerprint density at radius 1 is 1.08 bits per heavy atom. The molecule has 0 saturated heterocycles. The monoisotopic (exact) mass is 173 g/mol. The second kappa shape index (κ2) is 4.21. The Hall–Kier alpha value is -0.120. The van der Waals surface area contributed by atoms with E-state index in [4.69, 9.17) is 0 Å². The summed E-state index contributed by atoms with van der Waals surface area (Å²) in [7, 11) is 0. The van der Waals surface area contributed by atoms with Gasteiger partial charge >= 0.3 is 0 Å². The van der Waals surface area contributed by atoms with Crippen LogP contribution in [0.4, 0.5) is 0 Å². The summed E-state index contributed by atoms with van der Waals surface area (Å²) in [6, 6.07) is 0.380. The highest BCUT2D eigenvalue weighted by Gasteiger charge is 2.28. The number of aliphatic hydroxyl groups excluding tert-OH is 2. The van der Waals surface area contributed by atoms with Gasteiger partial charge in [0.05, 0.1) is 0 Å². The molecule has 1 aliphatic rings. The quantitative estimate of drug-likeness (QED) is 0.623. The number of rotatable bonds is 3. The second-order valence-electron chi connectivity index (χ2n) is 3.65. The summed E-state index contributed by atoms with van der Waals surface area (Å²) in [5.41, 5.74) is 0. The van der Waals surface area contributed by atoms with Gasteiger partial charge in [-0.3, -0.25) is 4.90 Å². The standard InChI is InChI=1S/C9H19NO2/c1-7(11)10(8(2)12)9-5-3-4-6-9/h7-9,11-12H,3-6H2,1-2H3. The van der Waals surface area contributed by atoms with Crippen molar-refractivity contribution in [3.63, 3.8) is 0 Å². The number of hydrogen-bond acceptors (Lipinski definition) is 3. The first-order valence-corrected chi connectivity index (χ1v) is 4.76. The Bertz CT molecular complexity index is 122. The number of hydrogen-bond donors (Lipinski definition) is 2. The van der Waals surface area contributed by atoms with Crippen LogP contribution in [0.3, 0.4) is 0 Å². The van der Waals surface area contributed by atoms with Gasteiger partial charge in [-0.15, -0.1) is 0 Å². The van der Waals surface area contributed by atoms with Gasteiger partial charge in [-0.1, -0.05) is 12.8 Å². The van der Waals surface area contributed by atoms with Crippen molar-refractivity contribution >= 4 is 0 Å². The zero-order chi connectivity index (χ0) is 9.14.